The van der Waals surface area contributed by atoms with Gasteiger partial charge in [-0.1, -0.05) is 0 Å². The number of nitrogens with two attached hydrogens (primary N) is 1. The fourth-order valence-electron chi connectivity index (χ4n) is 0. The molecule has 4 nitrogen and oxygen atoms in total. The van der Waals surface area contributed by atoms with Gasteiger partial charge in [-0.3, -0.25) is 0 Å². The predicted molar refractivity (Wildman–Crippen MR) is 24.2 cm³/mol. The number of carbonyl (C=O) groups is 1. The molecule has 0 saturated carbocycles. The normalized spacial score (nSPS) is 4.14. The molecule has 0 aliphatic carbocycles. The Balaban J connectivity index is -0.0000000480. The van der Waals surface area contributed by atoms with Crippen LogP contribution in [0.25, 0.3) is 0 Å². The van der Waals surface area contributed by atoms with Crippen LogP contribution < -0.4 is 9.82 Å². The SMILES string of the molecule is CC(=O)[O-].O.[NH2][Al+]. The maximum absolute atomic E-state index is 8.89. The van der Waals surface area contributed by atoms with Crippen LogP contribution >= 0.6 is 0 Å². The quantitative estimate of drug-likeness (QED) is 0.344. The molecule has 0 fully saturated rings. The van der Waals surface area contributed by atoms with E-state index in [4.69, 9.17) is 9.90 Å². The first kappa shape index (κ1) is 15.8. The van der Waals surface area contributed by atoms with Crippen LogP contribution in [0.2, 0.25) is 0 Å². The third kappa shape index (κ3) is 15200. The van der Waals surface area contributed by atoms with E-state index < -0.39 is 5.97 Å². The van der Waals surface area contributed by atoms with Crippen molar-refractivity contribution < 1.29 is 15.4 Å². The minimum absolute atomic E-state index is 0. The zero-order valence-electron chi connectivity index (χ0n) is 3.97. The van der Waals surface area contributed by atoms with Crippen LogP contribution in [0.1, 0.15) is 6.92 Å². The van der Waals surface area contributed by atoms with Crippen molar-refractivity contribution in [1.82, 2.24) is 0 Å². The Labute approximate surface area is 50.3 Å². The molecule has 1 radical (unpaired) electrons. The minimum atomic E-state index is -1.08. The van der Waals surface area contributed by atoms with E-state index in [1.54, 1.807) is 0 Å². The number of carboxylic acids is 1. The molecule has 0 aromatic heterocycles. The molecule has 0 rings (SSSR count). The van der Waals surface area contributed by atoms with Crippen molar-refractivity contribution in [3.63, 3.8) is 0 Å². The maximum atomic E-state index is 8.89. The van der Waals surface area contributed by atoms with Gasteiger partial charge in [0, 0.05) is 5.97 Å². The molecule has 0 aliphatic rings. The summed E-state index contributed by atoms with van der Waals surface area (Å²) in [6.07, 6.45) is 0. The van der Waals surface area contributed by atoms with Gasteiger partial charge < -0.3 is 15.4 Å². The Morgan fingerprint density at radius 1 is 1.71 bits per heavy atom. The van der Waals surface area contributed by atoms with Gasteiger partial charge in [-0.15, -0.1) is 0 Å². The van der Waals surface area contributed by atoms with Crippen LogP contribution in [0.15, 0.2) is 0 Å². The van der Waals surface area contributed by atoms with Gasteiger partial charge in [0.05, 0.1) is 0 Å². The molecule has 0 unspecified atom stereocenters. The van der Waals surface area contributed by atoms with Gasteiger partial charge >= 0.3 is 21.2 Å². The molecule has 0 saturated heterocycles. The first-order chi connectivity index (χ1) is 2.73. The number of rotatable bonds is 0. The van der Waals surface area contributed by atoms with E-state index >= 15 is 0 Å². The fraction of sp³-hybridized carbons (Fsp3) is 0.500. The third-order valence-corrected chi connectivity index (χ3v) is 0. The van der Waals surface area contributed by atoms with Gasteiger partial charge in [0.25, 0.3) is 0 Å². The van der Waals surface area contributed by atoms with E-state index in [0.29, 0.717) is 0 Å². The molecule has 7 heavy (non-hydrogen) atoms. The van der Waals surface area contributed by atoms with E-state index in [0.717, 1.165) is 6.92 Å². The Morgan fingerprint density at radius 3 is 1.71 bits per heavy atom. The van der Waals surface area contributed by atoms with Crippen molar-refractivity contribution in [3.05, 3.63) is 0 Å². The summed E-state index contributed by atoms with van der Waals surface area (Å²) in [4.78, 5) is 8.89. The number of aliphatic carboxylic acids is 1. The molecule has 0 heterocycles. The van der Waals surface area contributed by atoms with Gasteiger partial charge in [-0.25, -0.2) is 0 Å². The molecular formula is C2H7AlNO3. The second kappa shape index (κ2) is 16.8. The van der Waals surface area contributed by atoms with Crippen molar-refractivity contribution in [1.29, 1.82) is 0 Å². The van der Waals surface area contributed by atoms with Crippen LogP contribution in [0.3, 0.4) is 0 Å². The summed E-state index contributed by atoms with van der Waals surface area (Å²) in [7, 11) is 0. The molecule has 0 bridgehead atoms. The van der Waals surface area contributed by atoms with E-state index in [-0.39, 0.29) is 5.48 Å². The van der Waals surface area contributed by atoms with Gasteiger partial charge in [0.1, 0.15) is 0 Å². The molecule has 0 amide bonds. The first-order valence-corrected chi connectivity index (χ1v) is 1.91. The summed E-state index contributed by atoms with van der Waals surface area (Å²) in [5.74, 6) is -1.08. The Kier molecular flexibility index (Phi) is 37.9. The first-order valence-electron chi connectivity index (χ1n) is 1.24. The number of carboxylic acid groups (broad SMARTS) is 1. The van der Waals surface area contributed by atoms with Crippen molar-refractivity contribution in [3.8, 4) is 0 Å². The standard InChI is InChI=1S/C2H4O2.Al.H2N.H2O/c1-2(3)4;;;/h1H3,(H,3,4);;2*1H2/q;+2;-1;/p-1. The summed E-state index contributed by atoms with van der Waals surface area (Å²) in [6.45, 7) is 0.972. The van der Waals surface area contributed by atoms with Gasteiger partial charge in [0.15, 0.2) is 0 Å². The predicted octanol–water partition coefficient (Wildman–Crippen LogP) is -3.04. The van der Waals surface area contributed by atoms with Crippen molar-refractivity contribution >= 4 is 22.5 Å². The monoisotopic (exact) mass is 120 g/mol. The van der Waals surface area contributed by atoms with Crippen LogP contribution in [-0.4, -0.2) is 28.0 Å². The van der Waals surface area contributed by atoms with E-state index in [9.17, 15) is 0 Å². The van der Waals surface area contributed by atoms with E-state index in [1.165, 1.54) is 0 Å². The molecule has 41 valence electrons. The average molecular weight is 120 g/mol. The summed E-state index contributed by atoms with van der Waals surface area (Å²) in [6, 6.07) is 0. The molecule has 4 N–H and O–H groups in total. The van der Waals surface area contributed by atoms with Crippen molar-refractivity contribution in [2.75, 3.05) is 0 Å². The Hall–Kier alpha value is -0.0775. The molecule has 0 atom stereocenters. The number of carbonyl (C=O) groups excluding carboxylic acids is 1. The van der Waals surface area contributed by atoms with Crippen LogP contribution in [0.5, 0.6) is 0 Å². The zero-order chi connectivity index (χ0) is 5.58. The molecule has 0 spiro atoms. The van der Waals surface area contributed by atoms with Crippen LogP contribution in [0.4, 0.5) is 0 Å². The van der Waals surface area contributed by atoms with Gasteiger partial charge in [-0.05, 0) is 6.92 Å². The second-order valence-electron chi connectivity index (χ2n) is 0.492. The fourth-order valence-corrected chi connectivity index (χ4v) is 0. The summed E-state index contributed by atoms with van der Waals surface area (Å²) in [5.41, 5.74) is 0. The zero-order valence-corrected chi connectivity index (χ0v) is 5.13. The van der Waals surface area contributed by atoms with E-state index in [1.807, 2.05) is 16.5 Å². The second-order valence-corrected chi connectivity index (χ2v) is 0.492. The molecule has 5 heteroatoms. The van der Waals surface area contributed by atoms with Crippen molar-refractivity contribution in [2.45, 2.75) is 6.92 Å². The Bertz CT molecular complexity index is 35.9. The third-order valence-electron chi connectivity index (χ3n) is 0. The van der Waals surface area contributed by atoms with E-state index in [2.05, 4.69) is 4.72 Å². The molecule has 0 aliphatic heterocycles. The van der Waals surface area contributed by atoms with Gasteiger partial charge in [-0.2, -0.15) is 0 Å². The summed E-state index contributed by atoms with van der Waals surface area (Å²) >= 11 is 1.92. The Morgan fingerprint density at radius 2 is 1.71 bits per heavy atom. The summed E-state index contributed by atoms with van der Waals surface area (Å²) < 4.78 is 4.42. The molecule has 0 aromatic rings. The van der Waals surface area contributed by atoms with Gasteiger partial charge in [0.2, 0.25) is 0 Å². The number of hydrogen-bond donors (Lipinski definition) is 1. The molecule has 0 aromatic carbocycles. The topological polar surface area (TPSA) is 97.6 Å². The number of hydrogen-bond acceptors (Lipinski definition) is 3. The average Bonchev–Trinajstić information content (AvgIpc) is 1.41. The molecular weight excluding hydrogens is 113 g/mol. The van der Waals surface area contributed by atoms with Crippen LogP contribution in [0, 0.1) is 0 Å². The van der Waals surface area contributed by atoms with Crippen molar-refractivity contribution in [2.24, 2.45) is 4.72 Å². The van der Waals surface area contributed by atoms with Crippen LogP contribution in [-0.2, 0) is 4.79 Å². The summed E-state index contributed by atoms with van der Waals surface area (Å²) in [5, 5.41) is 8.89.